The summed E-state index contributed by atoms with van der Waals surface area (Å²) in [6.07, 6.45) is 2.25. The zero-order valence-electron chi connectivity index (χ0n) is 9.62. The van der Waals surface area contributed by atoms with Crippen LogP contribution in [-0.4, -0.2) is 32.0 Å². The van der Waals surface area contributed by atoms with Gasteiger partial charge in [-0.05, 0) is 0 Å². The molecule has 14 heavy (non-hydrogen) atoms. The molecular weight excluding hydrogens is 354 g/mol. The zero-order valence-corrected chi connectivity index (χ0v) is 13.8. The molecule has 0 heterocycles. The molecule has 0 aromatic rings. The fourth-order valence-electron chi connectivity index (χ4n) is 0.758. The van der Waals surface area contributed by atoms with Gasteiger partial charge in [0.2, 0.25) is 0 Å². The molecule has 0 rings (SSSR count). The average Bonchev–Trinajstić information content (AvgIpc) is 2.02. The summed E-state index contributed by atoms with van der Waals surface area (Å²) < 4.78 is 11.2. The summed E-state index contributed by atoms with van der Waals surface area (Å²) in [4.78, 5) is 0. The van der Waals surface area contributed by atoms with E-state index in [0.29, 0.717) is 11.8 Å². The van der Waals surface area contributed by atoms with Crippen molar-refractivity contribution in [3.63, 3.8) is 0 Å². The second-order valence-electron chi connectivity index (χ2n) is 4.24. The molecule has 0 saturated heterocycles. The average molecular weight is 376 g/mol. The van der Waals surface area contributed by atoms with Gasteiger partial charge in [0.1, 0.15) is 0 Å². The van der Waals surface area contributed by atoms with Gasteiger partial charge < -0.3 is 0 Å². The quantitative estimate of drug-likeness (QED) is 0.604. The molecule has 0 aromatic heterocycles. The summed E-state index contributed by atoms with van der Waals surface area (Å²) in [5.74, 6) is 1.43. The maximum absolute atomic E-state index is 5.61. The van der Waals surface area contributed by atoms with Gasteiger partial charge in [-0.15, -0.1) is 0 Å². The van der Waals surface area contributed by atoms with Crippen LogP contribution >= 0.6 is 12.6 Å². The normalized spacial score (nSPS) is 12.0. The molecule has 0 atom stereocenters. The first-order valence-electron chi connectivity index (χ1n) is 5.24. The van der Waals surface area contributed by atoms with Gasteiger partial charge >= 0.3 is 103 Å². The molecule has 0 bridgehead atoms. The van der Waals surface area contributed by atoms with Gasteiger partial charge in [-0.2, -0.15) is 0 Å². The van der Waals surface area contributed by atoms with Crippen LogP contribution in [0.2, 0.25) is 0 Å². The van der Waals surface area contributed by atoms with Crippen LogP contribution in [0.5, 0.6) is 0 Å². The van der Waals surface area contributed by atoms with E-state index in [9.17, 15) is 0 Å². The molecule has 0 saturated carbocycles. The molecule has 0 aromatic carbocycles. The fourth-order valence-corrected chi connectivity index (χ4v) is 4.33. The third-order valence-electron chi connectivity index (χ3n) is 1.78. The summed E-state index contributed by atoms with van der Waals surface area (Å²) in [7, 11) is 0. The van der Waals surface area contributed by atoms with Gasteiger partial charge in [-0.3, -0.25) is 0 Å². The van der Waals surface area contributed by atoms with Gasteiger partial charge in [0.25, 0.3) is 0 Å². The molecule has 0 radical (unpaired) electrons. The van der Waals surface area contributed by atoms with Crippen molar-refractivity contribution in [3.05, 3.63) is 0 Å². The Balaban J connectivity index is 3.23. The second kappa shape index (κ2) is 9.44. The van der Waals surface area contributed by atoms with Crippen molar-refractivity contribution in [1.82, 2.24) is 0 Å². The number of hydrogen-bond donors (Lipinski definition) is 0. The van der Waals surface area contributed by atoms with Crippen LogP contribution in [0.15, 0.2) is 0 Å². The van der Waals surface area contributed by atoms with Gasteiger partial charge in [0.15, 0.2) is 0 Å². The Morgan fingerprint density at radius 1 is 0.929 bits per heavy atom. The molecule has 0 aliphatic heterocycles. The van der Waals surface area contributed by atoms with E-state index in [1.54, 1.807) is 0 Å². The van der Waals surface area contributed by atoms with Crippen LogP contribution < -0.4 is 0 Å². The molecule has 86 valence electrons. The molecule has 0 spiro atoms. The fraction of sp³-hybridized carbons (Fsp3) is 1.00. The predicted octanol–water partition coefficient (Wildman–Crippen LogP) is 3.49. The summed E-state index contributed by atoms with van der Waals surface area (Å²) in [5, 5.41) is 0. The Hall–Kier alpha value is 1.22. The molecule has 0 amide bonds. The van der Waals surface area contributed by atoms with E-state index in [4.69, 9.17) is 6.03 Å². The summed E-state index contributed by atoms with van der Waals surface area (Å²) >= 11 is 1.60. The first-order chi connectivity index (χ1) is 6.52. The zero-order chi connectivity index (χ0) is 11.0. The third-order valence-corrected chi connectivity index (χ3v) is 6.72. The SMILES string of the molecule is CC(C)CC[O][Sb]([Br])[O]CCC(C)C. The van der Waals surface area contributed by atoms with E-state index in [-0.39, 0.29) is 0 Å². The van der Waals surface area contributed by atoms with Crippen LogP contribution in [0.25, 0.3) is 0 Å². The van der Waals surface area contributed by atoms with E-state index in [2.05, 4.69) is 40.3 Å². The molecular formula is C10H22BrO2Sb. The Bertz CT molecular complexity index is 117. The maximum atomic E-state index is 5.61. The van der Waals surface area contributed by atoms with Gasteiger partial charge in [-0.1, -0.05) is 0 Å². The van der Waals surface area contributed by atoms with Crippen LogP contribution in [0.1, 0.15) is 40.5 Å². The van der Waals surface area contributed by atoms with E-state index >= 15 is 0 Å². The second-order valence-corrected chi connectivity index (χ2v) is 10.8. The Morgan fingerprint density at radius 2 is 1.29 bits per heavy atom. The summed E-state index contributed by atoms with van der Waals surface area (Å²) in [6.45, 7) is 10.5. The molecule has 0 aliphatic rings. The van der Waals surface area contributed by atoms with Gasteiger partial charge in [0, 0.05) is 0 Å². The van der Waals surface area contributed by atoms with Gasteiger partial charge in [-0.25, -0.2) is 0 Å². The monoisotopic (exact) mass is 374 g/mol. The van der Waals surface area contributed by atoms with E-state index in [1.165, 1.54) is 0 Å². The van der Waals surface area contributed by atoms with Crippen molar-refractivity contribution in [2.45, 2.75) is 40.5 Å². The first-order valence-corrected chi connectivity index (χ1v) is 13.0. The van der Waals surface area contributed by atoms with Crippen molar-refractivity contribution < 1.29 is 6.03 Å². The van der Waals surface area contributed by atoms with Crippen molar-refractivity contribution >= 4 is 31.4 Å². The standard InChI is InChI=1S/2C5H11O.BrH.Sb/c2*1-5(2)3-4-6;;/h2*5H,3-4H2,1-2H3;1H;/q2*-1;;+3/p-1. The Morgan fingerprint density at radius 3 is 1.57 bits per heavy atom. The van der Waals surface area contributed by atoms with Crippen LogP contribution in [0.4, 0.5) is 0 Å². The molecule has 0 N–H and O–H groups in total. The van der Waals surface area contributed by atoms with E-state index in [1.807, 2.05) is 0 Å². The minimum absolute atomic E-state index is 0.715. The number of halogens is 1. The van der Waals surface area contributed by atoms with Crippen LogP contribution in [-0.2, 0) is 6.03 Å². The molecule has 4 heteroatoms. The molecule has 0 fully saturated rings. The molecule has 2 nitrogen and oxygen atoms in total. The Kier molecular flexibility index (Phi) is 10.3. The third kappa shape index (κ3) is 11.3. The van der Waals surface area contributed by atoms with Crippen LogP contribution in [0, 0.1) is 11.8 Å². The predicted molar refractivity (Wildman–Crippen MR) is 65.5 cm³/mol. The van der Waals surface area contributed by atoms with Gasteiger partial charge in [0.05, 0.1) is 0 Å². The summed E-state index contributed by atoms with van der Waals surface area (Å²) in [6, 6.07) is 0. The van der Waals surface area contributed by atoms with Crippen molar-refractivity contribution in [3.8, 4) is 0 Å². The van der Waals surface area contributed by atoms with Crippen molar-refractivity contribution in [2.75, 3.05) is 13.2 Å². The van der Waals surface area contributed by atoms with Crippen molar-refractivity contribution in [2.24, 2.45) is 11.8 Å². The number of rotatable bonds is 8. The molecule has 0 unspecified atom stereocenters. The van der Waals surface area contributed by atoms with Crippen LogP contribution in [0.3, 0.4) is 0 Å². The first kappa shape index (κ1) is 15.2. The van der Waals surface area contributed by atoms with Crippen molar-refractivity contribution in [1.29, 1.82) is 0 Å². The molecule has 0 aliphatic carbocycles. The van der Waals surface area contributed by atoms with E-state index in [0.717, 1.165) is 26.1 Å². The minimum atomic E-state index is -1.91. The summed E-state index contributed by atoms with van der Waals surface area (Å²) in [5.41, 5.74) is 0. The van der Waals surface area contributed by atoms with E-state index < -0.39 is 18.8 Å². The number of hydrogen-bond acceptors (Lipinski definition) is 2. The Labute approximate surface area is 103 Å². The topological polar surface area (TPSA) is 18.5 Å².